The van der Waals surface area contributed by atoms with E-state index < -0.39 is 0 Å². The van der Waals surface area contributed by atoms with Gasteiger partial charge in [0, 0.05) is 28.1 Å². The molecule has 1 amide bonds. The molecule has 0 saturated carbocycles. The Morgan fingerprint density at radius 1 is 1.29 bits per heavy atom. The summed E-state index contributed by atoms with van der Waals surface area (Å²) < 4.78 is 8.11. The first-order chi connectivity index (χ1) is 9.92. The van der Waals surface area contributed by atoms with Gasteiger partial charge in [0.15, 0.2) is 0 Å². The Morgan fingerprint density at radius 3 is 2.57 bits per heavy atom. The molecule has 0 bridgehead atoms. The van der Waals surface area contributed by atoms with Crippen molar-refractivity contribution in [2.45, 2.75) is 6.54 Å². The summed E-state index contributed by atoms with van der Waals surface area (Å²) in [7, 11) is 3.41. The van der Waals surface area contributed by atoms with Crippen molar-refractivity contribution in [3.05, 3.63) is 47.4 Å². The summed E-state index contributed by atoms with van der Waals surface area (Å²) in [5.74, 6) is 0.750. The average Bonchev–Trinajstić information content (AvgIpc) is 2.78. The maximum absolute atomic E-state index is 12.4. The van der Waals surface area contributed by atoms with Gasteiger partial charge in [0.2, 0.25) is 0 Å². The van der Waals surface area contributed by atoms with Gasteiger partial charge in [-0.1, -0.05) is 15.9 Å². The molecule has 0 aliphatic rings. The maximum Gasteiger partial charge on any atom is 0.264 e. The monoisotopic (exact) mass is 495 g/mol. The van der Waals surface area contributed by atoms with Gasteiger partial charge in [0.05, 0.1) is 15.8 Å². The highest BCUT2D eigenvalue weighted by Gasteiger charge is 2.17. The van der Waals surface area contributed by atoms with Gasteiger partial charge in [0.1, 0.15) is 5.75 Å². The zero-order valence-corrected chi connectivity index (χ0v) is 16.9. The van der Waals surface area contributed by atoms with Crippen LogP contribution in [0.15, 0.2) is 37.0 Å². The lowest BCUT2D eigenvalue weighted by molar-refractivity contribution is 0.0789. The molecule has 2 aromatic rings. The van der Waals surface area contributed by atoms with Gasteiger partial charge in [0.25, 0.3) is 5.91 Å². The van der Waals surface area contributed by atoms with Crippen molar-refractivity contribution in [2.24, 2.45) is 0 Å². The van der Waals surface area contributed by atoms with Gasteiger partial charge < -0.3 is 9.64 Å². The lowest BCUT2D eigenvalue weighted by atomic mass is 10.2. The first-order valence-electron chi connectivity index (χ1n) is 5.95. The van der Waals surface area contributed by atoms with E-state index >= 15 is 0 Å². The van der Waals surface area contributed by atoms with Gasteiger partial charge in [-0.25, -0.2) is 0 Å². The molecule has 0 unspecified atom stereocenters. The first-order valence-corrected chi connectivity index (χ1v) is 9.14. The van der Waals surface area contributed by atoms with Gasteiger partial charge in [-0.2, -0.15) is 0 Å². The smallest absolute Gasteiger partial charge is 0.264 e. The van der Waals surface area contributed by atoms with Crippen molar-refractivity contribution in [2.75, 3.05) is 14.2 Å². The highest BCUT2D eigenvalue weighted by atomic mass is 79.9. The maximum atomic E-state index is 12.4. The van der Waals surface area contributed by atoms with Gasteiger partial charge in [-0.3, -0.25) is 4.79 Å². The molecule has 0 aliphatic heterocycles. The summed E-state index contributed by atoms with van der Waals surface area (Å²) in [4.78, 5) is 14.8. The second kappa shape index (κ2) is 7.26. The normalized spacial score (nSPS) is 10.5. The zero-order valence-electron chi connectivity index (χ0n) is 11.3. The second-order valence-corrected chi connectivity index (χ2v) is 8.49. The molecule has 1 aromatic carbocycles. The molecule has 0 N–H and O–H groups in total. The predicted octanol–water partition coefficient (Wildman–Crippen LogP) is 5.32. The number of ether oxygens (including phenoxy) is 1. The Balaban J connectivity index is 2.19. The van der Waals surface area contributed by atoms with Crippen LogP contribution < -0.4 is 4.74 Å². The van der Waals surface area contributed by atoms with Crippen LogP contribution >= 0.6 is 59.1 Å². The molecule has 1 aromatic heterocycles. The number of methoxy groups -OCH3 is 1. The van der Waals surface area contributed by atoms with Crippen LogP contribution in [-0.4, -0.2) is 25.0 Å². The molecule has 21 heavy (non-hydrogen) atoms. The molecular weight excluding hydrogens is 486 g/mol. The van der Waals surface area contributed by atoms with Crippen LogP contribution in [0.3, 0.4) is 0 Å². The van der Waals surface area contributed by atoms with Gasteiger partial charge in [-0.15, -0.1) is 11.3 Å². The lowest BCUT2D eigenvalue weighted by Crippen LogP contribution is -2.25. The van der Waals surface area contributed by atoms with Crippen LogP contribution in [0.1, 0.15) is 15.2 Å². The number of hydrogen-bond donors (Lipinski definition) is 0. The molecule has 0 fully saturated rings. The number of thiophene rings is 1. The van der Waals surface area contributed by atoms with E-state index in [4.69, 9.17) is 4.74 Å². The van der Waals surface area contributed by atoms with E-state index in [0.29, 0.717) is 11.4 Å². The fourth-order valence-corrected chi connectivity index (χ4v) is 4.28. The molecule has 0 atom stereocenters. The lowest BCUT2D eigenvalue weighted by Gasteiger charge is -2.18. The van der Waals surface area contributed by atoms with Crippen LogP contribution in [0, 0.1) is 0 Å². The highest BCUT2D eigenvalue weighted by molar-refractivity contribution is 9.13. The number of carbonyl (C=O) groups excluding carboxylic acids is 1. The van der Waals surface area contributed by atoms with Gasteiger partial charge in [-0.05, 0) is 56.1 Å². The van der Waals surface area contributed by atoms with Crippen molar-refractivity contribution in [3.8, 4) is 5.75 Å². The molecule has 7 heteroatoms. The quantitative estimate of drug-likeness (QED) is 0.572. The highest BCUT2D eigenvalue weighted by Crippen LogP contribution is 2.33. The Morgan fingerprint density at radius 2 is 2.00 bits per heavy atom. The molecular formula is C14H12Br3NO2S. The summed E-state index contributed by atoms with van der Waals surface area (Å²) in [6, 6.07) is 7.59. The average molecular weight is 498 g/mol. The second-order valence-electron chi connectivity index (χ2n) is 4.35. The van der Waals surface area contributed by atoms with Crippen molar-refractivity contribution in [3.63, 3.8) is 0 Å². The van der Waals surface area contributed by atoms with Crippen molar-refractivity contribution in [1.82, 2.24) is 4.90 Å². The predicted molar refractivity (Wildman–Crippen MR) is 96.2 cm³/mol. The van der Waals surface area contributed by atoms with Crippen molar-refractivity contribution in [1.29, 1.82) is 0 Å². The van der Waals surface area contributed by atoms with Crippen LogP contribution in [0.2, 0.25) is 0 Å². The van der Waals surface area contributed by atoms with Crippen LogP contribution in [-0.2, 0) is 6.54 Å². The van der Waals surface area contributed by atoms with Crippen LogP contribution in [0.25, 0.3) is 0 Å². The van der Waals surface area contributed by atoms with Crippen LogP contribution in [0.4, 0.5) is 0 Å². The number of amides is 1. The fourth-order valence-electron chi connectivity index (χ4n) is 1.84. The Bertz CT molecular complexity index is 653. The molecule has 0 aliphatic carbocycles. The molecule has 0 saturated heterocycles. The number of rotatable bonds is 4. The SMILES string of the molecule is COc1ccc(Br)cc1CN(C)C(=O)c1cc(Br)c(Br)s1. The molecule has 1 heterocycles. The van der Waals surface area contributed by atoms with Gasteiger partial charge >= 0.3 is 0 Å². The minimum Gasteiger partial charge on any atom is -0.496 e. The van der Waals surface area contributed by atoms with E-state index in [0.717, 1.165) is 24.0 Å². The number of nitrogens with zero attached hydrogens (tertiary/aromatic N) is 1. The van der Waals surface area contributed by atoms with E-state index in [1.165, 1.54) is 11.3 Å². The number of hydrogen-bond acceptors (Lipinski definition) is 3. The van der Waals surface area contributed by atoms with Crippen LogP contribution in [0.5, 0.6) is 5.75 Å². The summed E-state index contributed by atoms with van der Waals surface area (Å²) in [5.41, 5.74) is 0.956. The minimum absolute atomic E-state index is 0.0200. The minimum atomic E-state index is -0.0200. The summed E-state index contributed by atoms with van der Waals surface area (Å²) in [6.07, 6.45) is 0. The largest absolute Gasteiger partial charge is 0.496 e. The van der Waals surface area contributed by atoms with E-state index in [1.54, 1.807) is 19.1 Å². The molecule has 2 rings (SSSR count). The van der Waals surface area contributed by atoms with Crippen molar-refractivity contribution >= 4 is 65.0 Å². The standard InChI is InChI=1S/C14H12Br3NO2S/c1-18(14(19)12-6-10(16)13(17)21-12)7-8-5-9(15)3-4-11(8)20-2/h3-6H,7H2,1-2H3. The van der Waals surface area contributed by atoms with E-state index in [2.05, 4.69) is 47.8 Å². The van der Waals surface area contributed by atoms with E-state index in [1.807, 2.05) is 24.3 Å². The molecule has 0 radical (unpaired) electrons. The third-order valence-corrected chi connectivity index (χ3v) is 6.59. The Labute approximate surface area is 152 Å². The number of carbonyl (C=O) groups is 1. The number of halogens is 3. The van der Waals surface area contributed by atoms with Crippen molar-refractivity contribution < 1.29 is 9.53 Å². The molecule has 112 valence electrons. The molecule has 3 nitrogen and oxygen atoms in total. The third kappa shape index (κ3) is 4.09. The third-order valence-electron chi connectivity index (χ3n) is 2.85. The van der Waals surface area contributed by atoms with E-state index in [9.17, 15) is 4.79 Å². The van der Waals surface area contributed by atoms with E-state index in [-0.39, 0.29) is 5.91 Å². The first kappa shape index (κ1) is 17.0. The zero-order chi connectivity index (χ0) is 15.6. The Kier molecular flexibility index (Phi) is 5.88. The topological polar surface area (TPSA) is 29.5 Å². The summed E-state index contributed by atoms with van der Waals surface area (Å²) in [6.45, 7) is 0.481. The molecule has 0 spiro atoms. The number of benzene rings is 1. The summed E-state index contributed by atoms with van der Waals surface area (Å²) >= 11 is 11.7. The fraction of sp³-hybridized carbons (Fsp3) is 0.214. The Hall–Kier alpha value is -0.370. The summed E-state index contributed by atoms with van der Waals surface area (Å²) in [5, 5.41) is 0.